The molecule has 182 valence electrons. The van der Waals surface area contributed by atoms with E-state index in [9.17, 15) is 22.8 Å². The quantitative estimate of drug-likeness (QED) is 0.275. The molecule has 2 aromatic carbocycles. The molecule has 0 N–H and O–H groups in total. The minimum Gasteiger partial charge on any atom is -0.465 e. The number of nitrogens with zero attached hydrogens (tertiary/aromatic N) is 3. The Morgan fingerprint density at radius 1 is 1.14 bits per heavy atom. The van der Waals surface area contributed by atoms with Gasteiger partial charge in [0.1, 0.15) is 6.61 Å². The van der Waals surface area contributed by atoms with Gasteiger partial charge in [-0.1, -0.05) is 12.1 Å². The van der Waals surface area contributed by atoms with Crippen molar-refractivity contribution in [3.05, 3.63) is 77.1 Å². The monoisotopic (exact) mass is 485 g/mol. The van der Waals surface area contributed by atoms with E-state index < -0.39 is 23.9 Å². The summed E-state index contributed by atoms with van der Waals surface area (Å²) in [7, 11) is 2.77. The second kappa shape index (κ2) is 9.28. The van der Waals surface area contributed by atoms with E-state index in [2.05, 4.69) is 5.10 Å². The number of benzene rings is 2. The summed E-state index contributed by atoms with van der Waals surface area (Å²) in [6.45, 7) is 2.26. The van der Waals surface area contributed by atoms with Gasteiger partial charge in [-0.15, -0.1) is 0 Å². The number of hydrogen-bond acceptors (Lipinski definition) is 5. The third-order valence-electron chi connectivity index (χ3n) is 5.89. The number of ether oxygens (including phenoxy) is 2. The molecule has 0 bridgehead atoms. The molecule has 4 aromatic rings. The number of carbonyl (C=O) groups is 2. The van der Waals surface area contributed by atoms with Gasteiger partial charge in [0, 0.05) is 29.7 Å². The van der Waals surface area contributed by atoms with Crippen LogP contribution in [0.3, 0.4) is 0 Å². The Bertz CT molecular complexity index is 1400. The first-order chi connectivity index (χ1) is 16.6. The molecule has 0 fully saturated rings. The van der Waals surface area contributed by atoms with Gasteiger partial charge in [-0.25, -0.2) is 4.79 Å². The van der Waals surface area contributed by atoms with Gasteiger partial charge >= 0.3 is 12.1 Å². The fraction of sp³-hybridized carbons (Fsp3) is 0.240. The lowest BCUT2D eigenvalue weighted by molar-refractivity contribution is -0.141. The molecule has 2 aromatic heterocycles. The van der Waals surface area contributed by atoms with Crippen LogP contribution in [0.2, 0.25) is 0 Å². The van der Waals surface area contributed by atoms with Crippen LogP contribution in [0.5, 0.6) is 0 Å². The summed E-state index contributed by atoms with van der Waals surface area (Å²) in [4.78, 5) is 22.9. The SMILES string of the molecule is COC(=O)c1ccc(C(COC=O)n2ccc3cc(-c4cc(C(F)(F)F)nn4C)ccc32)c(C)c1. The largest absolute Gasteiger partial charge is 0.465 e. The zero-order chi connectivity index (χ0) is 25.3. The molecular formula is C25H22F3N3O4. The van der Waals surface area contributed by atoms with E-state index in [1.54, 1.807) is 36.4 Å². The predicted molar refractivity (Wildman–Crippen MR) is 122 cm³/mol. The normalized spacial score (nSPS) is 12.5. The van der Waals surface area contributed by atoms with E-state index in [0.29, 0.717) is 23.3 Å². The van der Waals surface area contributed by atoms with Crippen LogP contribution in [0.4, 0.5) is 13.2 Å². The summed E-state index contributed by atoms with van der Waals surface area (Å²) >= 11 is 0. The van der Waals surface area contributed by atoms with E-state index in [0.717, 1.165) is 28.1 Å². The summed E-state index contributed by atoms with van der Waals surface area (Å²) in [5.41, 5.74) is 2.80. The maximum Gasteiger partial charge on any atom is 0.435 e. The smallest absolute Gasteiger partial charge is 0.435 e. The lowest BCUT2D eigenvalue weighted by atomic mass is 9.98. The highest BCUT2D eigenvalue weighted by Crippen LogP contribution is 2.34. The fourth-order valence-corrected chi connectivity index (χ4v) is 4.22. The molecule has 0 amide bonds. The highest BCUT2D eigenvalue weighted by atomic mass is 19.4. The van der Waals surface area contributed by atoms with Crippen LogP contribution < -0.4 is 0 Å². The average molecular weight is 485 g/mol. The molecule has 0 radical (unpaired) electrons. The fourth-order valence-electron chi connectivity index (χ4n) is 4.22. The van der Waals surface area contributed by atoms with E-state index in [4.69, 9.17) is 9.47 Å². The number of halogens is 3. The second-order valence-corrected chi connectivity index (χ2v) is 8.04. The van der Waals surface area contributed by atoms with E-state index in [1.165, 1.54) is 18.8 Å². The predicted octanol–water partition coefficient (Wildman–Crippen LogP) is 4.92. The van der Waals surface area contributed by atoms with Crippen LogP contribution >= 0.6 is 0 Å². The molecule has 0 spiro atoms. The van der Waals surface area contributed by atoms with Crippen molar-refractivity contribution in [2.75, 3.05) is 13.7 Å². The minimum atomic E-state index is -4.53. The lowest BCUT2D eigenvalue weighted by Crippen LogP contribution is -2.17. The molecule has 2 heterocycles. The molecule has 4 rings (SSSR count). The molecule has 0 aliphatic rings. The van der Waals surface area contributed by atoms with E-state index in [-0.39, 0.29) is 6.61 Å². The molecule has 0 aliphatic heterocycles. The van der Waals surface area contributed by atoms with Crippen molar-refractivity contribution in [1.29, 1.82) is 0 Å². The second-order valence-electron chi connectivity index (χ2n) is 8.04. The first kappa shape index (κ1) is 24.1. The summed E-state index contributed by atoms with van der Waals surface area (Å²) in [5, 5.41) is 4.37. The van der Waals surface area contributed by atoms with Gasteiger partial charge in [0.25, 0.3) is 6.47 Å². The molecule has 1 unspecified atom stereocenters. The molecular weight excluding hydrogens is 463 g/mol. The van der Waals surface area contributed by atoms with E-state index >= 15 is 0 Å². The standard InChI is InChI=1S/C25H22F3N3O4/c1-15-10-18(24(33)34-3)4-6-19(15)22(13-35-14-32)31-9-8-17-11-16(5-7-20(17)31)21-12-23(25(26,27)28)29-30(21)2/h4-12,14,22H,13H2,1-3H3. The van der Waals surface area contributed by atoms with Crippen LogP contribution in [0.15, 0.2) is 54.7 Å². The highest BCUT2D eigenvalue weighted by molar-refractivity contribution is 5.89. The number of hydrogen-bond donors (Lipinski definition) is 0. The van der Waals surface area contributed by atoms with Gasteiger partial charge < -0.3 is 14.0 Å². The van der Waals surface area contributed by atoms with Crippen LogP contribution in [-0.2, 0) is 27.5 Å². The average Bonchev–Trinajstić information content (AvgIpc) is 3.42. The Morgan fingerprint density at radius 3 is 2.54 bits per heavy atom. The number of aromatic nitrogens is 3. The number of alkyl halides is 3. The molecule has 0 aliphatic carbocycles. The molecule has 7 nitrogen and oxygen atoms in total. The van der Waals surface area contributed by atoms with Gasteiger partial charge in [0.2, 0.25) is 0 Å². The van der Waals surface area contributed by atoms with Gasteiger partial charge in [-0.05, 0) is 54.4 Å². The minimum absolute atomic E-state index is 0.0457. The van der Waals surface area contributed by atoms with Crippen molar-refractivity contribution in [3.63, 3.8) is 0 Å². The third-order valence-corrected chi connectivity index (χ3v) is 5.89. The number of aryl methyl sites for hydroxylation is 2. The summed E-state index contributed by atoms with van der Waals surface area (Å²) < 4.78 is 52.3. The van der Waals surface area contributed by atoms with Crippen molar-refractivity contribution in [3.8, 4) is 11.3 Å². The van der Waals surface area contributed by atoms with Gasteiger partial charge in [0.05, 0.1) is 24.4 Å². The Morgan fingerprint density at radius 2 is 1.91 bits per heavy atom. The van der Waals surface area contributed by atoms with Crippen molar-refractivity contribution in [1.82, 2.24) is 14.3 Å². The first-order valence-corrected chi connectivity index (χ1v) is 10.6. The van der Waals surface area contributed by atoms with Gasteiger partial charge in [-0.2, -0.15) is 18.3 Å². The maximum atomic E-state index is 13.1. The first-order valence-electron chi connectivity index (χ1n) is 10.6. The Balaban J connectivity index is 1.76. The number of esters is 1. The van der Waals surface area contributed by atoms with Crippen LogP contribution in [0, 0.1) is 6.92 Å². The van der Waals surface area contributed by atoms with Crippen LogP contribution in [-0.4, -0.2) is 40.5 Å². The van der Waals surface area contributed by atoms with Crippen LogP contribution in [0.25, 0.3) is 22.2 Å². The summed E-state index contributed by atoms with van der Waals surface area (Å²) in [6.07, 6.45) is -2.71. The van der Waals surface area contributed by atoms with Gasteiger partial charge in [0.15, 0.2) is 5.69 Å². The number of methoxy groups -OCH3 is 1. The van der Waals surface area contributed by atoms with E-state index in [1.807, 2.05) is 23.8 Å². The summed E-state index contributed by atoms with van der Waals surface area (Å²) in [5.74, 6) is -0.455. The van der Waals surface area contributed by atoms with Crippen molar-refractivity contribution >= 4 is 23.3 Å². The molecule has 10 heteroatoms. The van der Waals surface area contributed by atoms with Crippen molar-refractivity contribution in [2.45, 2.75) is 19.1 Å². The zero-order valence-corrected chi connectivity index (χ0v) is 19.2. The van der Waals surface area contributed by atoms with Crippen molar-refractivity contribution in [2.24, 2.45) is 7.05 Å². The van der Waals surface area contributed by atoms with Crippen LogP contribution in [0.1, 0.15) is 33.2 Å². The molecule has 1 atom stereocenters. The maximum absolute atomic E-state index is 13.1. The zero-order valence-electron chi connectivity index (χ0n) is 19.2. The Kier molecular flexibility index (Phi) is 6.38. The third kappa shape index (κ3) is 4.64. The highest BCUT2D eigenvalue weighted by Gasteiger charge is 2.34. The number of carbonyl (C=O) groups excluding carboxylic acids is 2. The Hall–Kier alpha value is -4.08. The van der Waals surface area contributed by atoms with Crippen molar-refractivity contribution < 1.29 is 32.2 Å². The van der Waals surface area contributed by atoms with Gasteiger partial charge in [-0.3, -0.25) is 9.48 Å². The lowest BCUT2D eigenvalue weighted by Gasteiger charge is -2.22. The number of rotatable bonds is 7. The molecule has 35 heavy (non-hydrogen) atoms. The Labute approximate surface area is 198 Å². The number of fused-ring (bicyclic) bond motifs is 1. The summed E-state index contributed by atoms with van der Waals surface area (Å²) in [6, 6.07) is 12.9. The molecule has 0 saturated carbocycles. The topological polar surface area (TPSA) is 75.3 Å². The molecule has 0 saturated heterocycles.